The number of hydrogen-bond donors (Lipinski definition) is 0. The van der Waals surface area contributed by atoms with Crippen molar-refractivity contribution in [1.82, 2.24) is 9.97 Å². The number of halogens is 5. The van der Waals surface area contributed by atoms with Gasteiger partial charge in [-0.15, -0.1) is 0 Å². The Bertz CT molecular complexity index is 542. The zero-order valence-corrected chi connectivity index (χ0v) is 8.02. The van der Waals surface area contributed by atoms with E-state index in [-0.39, 0.29) is 5.69 Å². The van der Waals surface area contributed by atoms with E-state index in [4.69, 9.17) is 0 Å². The molecule has 2 aromatic rings. The van der Waals surface area contributed by atoms with Crippen molar-refractivity contribution < 1.29 is 22.0 Å². The Morgan fingerprint density at radius 3 is 1.76 bits per heavy atom. The average Bonchev–Trinajstić information content (AvgIpc) is 2.36. The number of rotatable bonds is 1. The Labute approximate surface area is 91.8 Å². The van der Waals surface area contributed by atoms with Crippen LogP contribution in [0.25, 0.3) is 11.3 Å². The largest absolute Gasteiger partial charge is 0.245 e. The number of hydrogen-bond acceptors (Lipinski definition) is 2. The molecule has 0 bridgehead atoms. The molecule has 1 aromatic carbocycles. The fourth-order valence-corrected chi connectivity index (χ4v) is 1.27. The first kappa shape index (κ1) is 11.4. The molecule has 0 aliphatic heterocycles. The maximum atomic E-state index is 13.3. The predicted octanol–water partition coefficient (Wildman–Crippen LogP) is 2.84. The first-order valence-corrected chi connectivity index (χ1v) is 4.32. The van der Waals surface area contributed by atoms with Crippen molar-refractivity contribution in [2.24, 2.45) is 0 Å². The summed E-state index contributed by atoms with van der Waals surface area (Å²) in [6.45, 7) is 0. The Hall–Kier alpha value is -2.05. The van der Waals surface area contributed by atoms with Crippen molar-refractivity contribution in [1.29, 1.82) is 0 Å². The molecular formula is C10H3F5N2. The van der Waals surface area contributed by atoms with E-state index in [2.05, 4.69) is 9.97 Å². The maximum absolute atomic E-state index is 13.3. The lowest BCUT2D eigenvalue weighted by molar-refractivity contribution is 0.381. The Morgan fingerprint density at radius 2 is 1.29 bits per heavy atom. The van der Waals surface area contributed by atoms with Gasteiger partial charge in [0.25, 0.3) is 0 Å². The van der Waals surface area contributed by atoms with Gasteiger partial charge in [0.1, 0.15) is 6.33 Å². The number of aromatic nitrogens is 2. The third-order valence-corrected chi connectivity index (χ3v) is 2.05. The molecule has 0 saturated heterocycles. The second-order valence-electron chi connectivity index (χ2n) is 3.04. The maximum Gasteiger partial charge on any atom is 0.200 e. The third kappa shape index (κ3) is 1.73. The molecular weight excluding hydrogens is 243 g/mol. The summed E-state index contributed by atoms with van der Waals surface area (Å²) in [7, 11) is 0. The highest BCUT2D eigenvalue weighted by atomic mass is 19.2. The Morgan fingerprint density at radius 1 is 0.765 bits per heavy atom. The van der Waals surface area contributed by atoms with E-state index in [1.807, 2.05) is 0 Å². The van der Waals surface area contributed by atoms with E-state index in [0.29, 0.717) is 0 Å². The molecule has 7 heteroatoms. The summed E-state index contributed by atoms with van der Waals surface area (Å²) in [4.78, 5) is 6.91. The number of nitrogens with zero attached hydrogens (tertiary/aromatic N) is 2. The fourth-order valence-electron chi connectivity index (χ4n) is 1.27. The highest BCUT2D eigenvalue weighted by molar-refractivity contribution is 5.60. The van der Waals surface area contributed by atoms with Gasteiger partial charge in [-0.2, -0.15) is 0 Å². The molecule has 0 atom stereocenters. The van der Waals surface area contributed by atoms with Crippen LogP contribution in [0.5, 0.6) is 0 Å². The summed E-state index contributed by atoms with van der Waals surface area (Å²) in [6.07, 6.45) is 2.06. The van der Waals surface area contributed by atoms with Crippen molar-refractivity contribution in [3.8, 4) is 11.3 Å². The minimum absolute atomic E-state index is 0.382. The topological polar surface area (TPSA) is 25.8 Å². The van der Waals surface area contributed by atoms with E-state index in [1.54, 1.807) is 0 Å². The van der Waals surface area contributed by atoms with Crippen molar-refractivity contribution in [2.45, 2.75) is 0 Å². The van der Waals surface area contributed by atoms with Crippen LogP contribution < -0.4 is 0 Å². The molecule has 0 saturated carbocycles. The van der Waals surface area contributed by atoms with Gasteiger partial charge >= 0.3 is 0 Å². The summed E-state index contributed by atoms with van der Waals surface area (Å²) in [6, 6.07) is 1.04. The van der Waals surface area contributed by atoms with Crippen LogP contribution in [0.3, 0.4) is 0 Å². The van der Waals surface area contributed by atoms with E-state index in [9.17, 15) is 22.0 Å². The molecule has 1 heterocycles. The lowest BCUT2D eigenvalue weighted by atomic mass is 10.1. The summed E-state index contributed by atoms with van der Waals surface area (Å²) < 4.78 is 65.1. The highest BCUT2D eigenvalue weighted by Crippen LogP contribution is 2.29. The third-order valence-electron chi connectivity index (χ3n) is 2.05. The van der Waals surface area contributed by atoms with E-state index in [1.165, 1.54) is 0 Å². The summed E-state index contributed by atoms with van der Waals surface area (Å²) in [5.74, 6) is -10.0. The zero-order chi connectivity index (χ0) is 12.6. The van der Waals surface area contributed by atoms with Crippen LogP contribution in [0, 0.1) is 29.1 Å². The van der Waals surface area contributed by atoms with Crippen molar-refractivity contribution in [2.75, 3.05) is 0 Å². The lowest BCUT2D eigenvalue weighted by Gasteiger charge is -2.06. The molecule has 1 aromatic heterocycles. The molecule has 0 N–H and O–H groups in total. The summed E-state index contributed by atoms with van der Waals surface area (Å²) in [5, 5.41) is 0. The van der Waals surface area contributed by atoms with E-state index < -0.39 is 34.6 Å². The second kappa shape index (κ2) is 4.08. The molecule has 2 rings (SSSR count). The molecule has 0 unspecified atom stereocenters. The molecule has 0 amide bonds. The van der Waals surface area contributed by atoms with Crippen molar-refractivity contribution >= 4 is 0 Å². The molecule has 0 fully saturated rings. The van der Waals surface area contributed by atoms with E-state index >= 15 is 0 Å². The van der Waals surface area contributed by atoms with Gasteiger partial charge in [-0.05, 0) is 6.07 Å². The molecule has 2 nitrogen and oxygen atoms in total. The molecule has 88 valence electrons. The predicted molar refractivity (Wildman–Crippen MR) is 47.3 cm³/mol. The van der Waals surface area contributed by atoms with Crippen molar-refractivity contribution in [3.05, 3.63) is 47.7 Å². The van der Waals surface area contributed by atoms with Gasteiger partial charge < -0.3 is 0 Å². The normalized spacial score (nSPS) is 10.6. The molecule has 0 aliphatic rings. The summed E-state index contributed by atoms with van der Waals surface area (Å²) in [5.41, 5.74) is -1.45. The van der Waals surface area contributed by atoms with Crippen LogP contribution in [0.2, 0.25) is 0 Å². The fraction of sp³-hybridized carbons (Fsp3) is 0. The first-order valence-electron chi connectivity index (χ1n) is 4.32. The van der Waals surface area contributed by atoms with Gasteiger partial charge in [0.2, 0.25) is 5.82 Å². The second-order valence-corrected chi connectivity index (χ2v) is 3.04. The van der Waals surface area contributed by atoms with Crippen LogP contribution in [-0.4, -0.2) is 9.97 Å². The minimum Gasteiger partial charge on any atom is -0.245 e. The number of benzene rings is 1. The molecule has 0 radical (unpaired) electrons. The Kier molecular flexibility index (Phi) is 2.74. The van der Waals surface area contributed by atoms with E-state index in [0.717, 1.165) is 18.6 Å². The standard InChI is InChI=1S/C10H3F5N2/c11-6-5(4-1-2-16-3-17-4)7(12)9(14)10(15)8(6)13/h1-3H. The monoisotopic (exact) mass is 246 g/mol. The quantitative estimate of drug-likeness (QED) is 0.439. The van der Waals surface area contributed by atoms with Gasteiger partial charge in [-0.1, -0.05) is 0 Å². The van der Waals surface area contributed by atoms with Gasteiger partial charge in [0, 0.05) is 6.20 Å². The molecule has 0 aliphatic carbocycles. The highest BCUT2D eigenvalue weighted by Gasteiger charge is 2.26. The van der Waals surface area contributed by atoms with Gasteiger partial charge in [0.15, 0.2) is 23.3 Å². The van der Waals surface area contributed by atoms with Crippen LogP contribution in [-0.2, 0) is 0 Å². The summed E-state index contributed by atoms with van der Waals surface area (Å²) >= 11 is 0. The average molecular weight is 246 g/mol. The molecule has 17 heavy (non-hydrogen) atoms. The lowest BCUT2D eigenvalue weighted by Crippen LogP contribution is -2.04. The van der Waals surface area contributed by atoms with Crippen molar-refractivity contribution in [3.63, 3.8) is 0 Å². The van der Waals surface area contributed by atoms with Crippen LogP contribution >= 0.6 is 0 Å². The first-order chi connectivity index (χ1) is 8.04. The molecule has 0 spiro atoms. The SMILES string of the molecule is Fc1c(F)c(F)c(-c2ccncn2)c(F)c1F. The minimum atomic E-state index is -2.20. The van der Waals surface area contributed by atoms with Gasteiger partial charge in [-0.3, -0.25) is 0 Å². The van der Waals surface area contributed by atoms with Gasteiger partial charge in [-0.25, -0.2) is 31.9 Å². The van der Waals surface area contributed by atoms with Crippen LogP contribution in [0.15, 0.2) is 18.6 Å². The van der Waals surface area contributed by atoms with Crippen LogP contribution in [0.1, 0.15) is 0 Å². The smallest absolute Gasteiger partial charge is 0.200 e. The van der Waals surface area contributed by atoms with Crippen LogP contribution in [0.4, 0.5) is 22.0 Å². The van der Waals surface area contributed by atoms with Gasteiger partial charge in [0.05, 0.1) is 11.3 Å². The zero-order valence-electron chi connectivity index (χ0n) is 8.02. The Balaban J connectivity index is 2.80.